The average Bonchev–Trinajstić information content (AvgIpc) is 2.66. The number of carbonyl (C=O) groups is 2. The first-order chi connectivity index (χ1) is 12.9. The van der Waals surface area contributed by atoms with Crippen LogP contribution in [0.5, 0.6) is 11.5 Å². The van der Waals surface area contributed by atoms with Crippen molar-refractivity contribution in [1.82, 2.24) is 5.32 Å². The van der Waals surface area contributed by atoms with E-state index in [1.807, 2.05) is 0 Å². The molecule has 0 amide bonds. The minimum atomic E-state index is -0.720. The third kappa shape index (κ3) is 3.77. The van der Waals surface area contributed by atoms with Gasteiger partial charge >= 0.3 is 11.9 Å². The molecule has 0 spiro atoms. The van der Waals surface area contributed by atoms with Crippen molar-refractivity contribution in [3.63, 3.8) is 0 Å². The summed E-state index contributed by atoms with van der Waals surface area (Å²) < 4.78 is 21.2. The van der Waals surface area contributed by atoms with Gasteiger partial charge in [-0.3, -0.25) is 0 Å². The van der Waals surface area contributed by atoms with Gasteiger partial charge in [-0.1, -0.05) is 12.1 Å². The van der Waals surface area contributed by atoms with Crippen LogP contribution in [0, 0.1) is 0 Å². The average molecular weight is 375 g/mol. The fourth-order valence-corrected chi connectivity index (χ4v) is 3.30. The van der Waals surface area contributed by atoms with Crippen LogP contribution in [-0.2, 0) is 19.1 Å². The van der Waals surface area contributed by atoms with E-state index in [9.17, 15) is 9.59 Å². The van der Waals surface area contributed by atoms with E-state index in [4.69, 9.17) is 18.9 Å². The Morgan fingerprint density at radius 3 is 2.15 bits per heavy atom. The van der Waals surface area contributed by atoms with E-state index in [2.05, 4.69) is 5.32 Å². The van der Waals surface area contributed by atoms with E-state index in [1.165, 1.54) is 21.3 Å². The number of benzene rings is 1. The van der Waals surface area contributed by atoms with Crippen molar-refractivity contribution < 1.29 is 28.5 Å². The first-order valence-corrected chi connectivity index (χ1v) is 8.56. The molecule has 146 valence electrons. The van der Waals surface area contributed by atoms with E-state index >= 15 is 0 Å². The molecule has 2 rings (SSSR count). The molecule has 1 aromatic rings. The Kier molecular flexibility index (Phi) is 6.50. The Morgan fingerprint density at radius 2 is 1.63 bits per heavy atom. The minimum absolute atomic E-state index is 0.216. The SMILES string of the molecule is CCOC(=O)C1=C(C)NC(C)=C(C(=O)OC)C1c1cccc(OC)c1OC. The summed E-state index contributed by atoms with van der Waals surface area (Å²) in [5, 5.41) is 3.09. The highest BCUT2D eigenvalue weighted by atomic mass is 16.5. The van der Waals surface area contributed by atoms with Crippen LogP contribution in [0.25, 0.3) is 0 Å². The van der Waals surface area contributed by atoms with Crippen LogP contribution in [0.1, 0.15) is 32.3 Å². The molecule has 1 aliphatic rings. The smallest absolute Gasteiger partial charge is 0.336 e. The minimum Gasteiger partial charge on any atom is -0.493 e. The van der Waals surface area contributed by atoms with Crippen molar-refractivity contribution >= 4 is 11.9 Å². The van der Waals surface area contributed by atoms with Crippen LogP contribution in [0.4, 0.5) is 0 Å². The molecule has 0 radical (unpaired) electrons. The van der Waals surface area contributed by atoms with Crippen molar-refractivity contribution in [3.8, 4) is 11.5 Å². The maximum atomic E-state index is 12.7. The summed E-state index contributed by atoms with van der Waals surface area (Å²) in [6.45, 7) is 5.47. The molecule has 0 fully saturated rings. The van der Waals surface area contributed by atoms with E-state index in [1.54, 1.807) is 39.0 Å². The van der Waals surface area contributed by atoms with Gasteiger partial charge in [-0.15, -0.1) is 0 Å². The molecular formula is C20H25NO6. The summed E-state index contributed by atoms with van der Waals surface area (Å²) in [5.41, 5.74) is 2.46. The molecule has 7 heteroatoms. The molecule has 7 nitrogen and oxygen atoms in total. The zero-order valence-corrected chi connectivity index (χ0v) is 16.5. The lowest BCUT2D eigenvalue weighted by Gasteiger charge is -2.31. The van der Waals surface area contributed by atoms with Crippen LogP contribution in [-0.4, -0.2) is 39.9 Å². The molecule has 0 saturated heterocycles. The highest BCUT2D eigenvalue weighted by molar-refractivity contribution is 6.00. The number of nitrogens with one attached hydrogen (secondary N) is 1. The van der Waals surface area contributed by atoms with Crippen LogP contribution >= 0.6 is 0 Å². The summed E-state index contributed by atoms with van der Waals surface area (Å²) in [4.78, 5) is 25.3. The third-order valence-corrected chi connectivity index (χ3v) is 4.41. The Morgan fingerprint density at radius 1 is 1.00 bits per heavy atom. The monoisotopic (exact) mass is 375 g/mol. The number of para-hydroxylation sites is 1. The van der Waals surface area contributed by atoms with Gasteiger partial charge in [0.1, 0.15) is 0 Å². The number of rotatable bonds is 6. The van der Waals surface area contributed by atoms with Crippen molar-refractivity contribution in [3.05, 3.63) is 46.3 Å². The Labute approximate surface area is 158 Å². The maximum Gasteiger partial charge on any atom is 0.336 e. The second-order valence-corrected chi connectivity index (χ2v) is 5.93. The Hall–Kier alpha value is -2.96. The number of esters is 2. The third-order valence-electron chi connectivity index (χ3n) is 4.41. The lowest BCUT2D eigenvalue weighted by atomic mass is 9.80. The van der Waals surface area contributed by atoms with Crippen molar-refractivity contribution in [2.45, 2.75) is 26.7 Å². The fourth-order valence-electron chi connectivity index (χ4n) is 3.30. The lowest BCUT2D eigenvalue weighted by Crippen LogP contribution is -2.32. The largest absolute Gasteiger partial charge is 0.493 e. The van der Waals surface area contributed by atoms with E-state index in [0.717, 1.165) is 0 Å². The standard InChI is InChI=1S/C20H25NO6/c1-7-27-20(23)16-12(3)21-11(2)15(19(22)26-6)17(16)13-9-8-10-14(24-4)18(13)25-5/h8-10,17,21H,7H2,1-6H3. The van der Waals surface area contributed by atoms with Crippen LogP contribution in [0.15, 0.2) is 40.7 Å². The van der Waals surface area contributed by atoms with Gasteiger partial charge in [-0.2, -0.15) is 0 Å². The van der Waals surface area contributed by atoms with Gasteiger partial charge in [0.05, 0.1) is 45.0 Å². The number of carbonyl (C=O) groups excluding carboxylic acids is 2. The molecule has 1 unspecified atom stereocenters. The van der Waals surface area contributed by atoms with Crippen molar-refractivity contribution in [2.24, 2.45) is 0 Å². The molecule has 1 aromatic carbocycles. The molecule has 0 saturated carbocycles. The lowest BCUT2D eigenvalue weighted by molar-refractivity contribution is -0.139. The summed E-state index contributed by atoms with van der Waals surface area (Å²) in [7, 11) is 4.34. The molecule has 0 aromatic heterocycles. The van der Waals surface area contributed by atoms with Gasteiger partial charge in [0.2, 0.25) is 0 Å². The van der Waals surface area contributed by atoms with Crippen LogP contribution < -0.4 is 14.8 Å². The predicted molar refractivity (Wildman–Crippen MR) is 99.5 cm³/mol. The van der Waals surface area contributed by atoms with Gasteiger partial charge in [0, 0.05) is 17.0 Å². The predicted octanol–water partition coefficient (Wildman–Crippen LogP) is 2.67. The quantitative estimate of drug-likeness (QED) is 0.765. The number of hydrogen-bond donors (Lipinski definition) is 1. The second-order valence-electron chi connectivity index (χ2n) is 5.93. The van der Waals surface area contributed by atoms with Gasteiger partial charge in [0.25, 0.3) is 0 Å². The van der Waals surface area contributed by atoms with E-state index < -0.39 is 17.9 Å². The number of dihydropyridines is 1. The molecule has 0 aliphatic carbocycles. The van der Waals surface area contributed by atoms with Crippen LogP contribution in [0.3, 0.4) is 0 Å². The Bertz CT molecular complexity index is 809. The van der Waals surface area contributed by atoms with Gasteiger partial charge in [-0.05, 0) is 26.8 Å². The fraction of sp³-hybridized carbons (Fsp3) is 0.400. The first kappa shape index (κ1) is 20.4. The second kappa shape index (κ2) is 8.62. The van der Waals surface area contributed by atoms with E-state index in [0.29, 0.717) is 39.6 Å². The van der Waals surface area contributed by atoms with Gasteiger partial charge in [-0.25, -0.2) is 9.59 Å². The van der Waals surface area contributed by atoms with Gasteiger partial charge < -0.3 is 24.3 Å². The summed E-state index contributed by atoms with van der Waals surface area (Å²) >= 11 is 0. The van der Waals surface area contributed by atoms with Crippen molar-refractivity contribution in [2.75, 3.05) is 27.9 Å². The molecule has 27 heavy (non-hydrogen) atoms. The summed E-state index contributed by atoms with van der Waals surface area (Å²) in [6.07, 6.45) is 0. The Balaban J connectivity index is 2.79. The molecular weight excluding hydrogens is 350 g/mol. The topological polar surface area (TPSA) is 83.1 Å². The number of allylic oxidation sites excluding steroid dienone is 2. The maximum absolute atomic E-state index is 12.7. The molecule has 1 atom stereocenters. The highest BCUT2D eigenvalue weighted by Crippen LogP contribution is 2.45. The number of methoxy groups -OCH3 is 3. The number of hydrogen-bond acceptors (Lipinski definition) is 7. The molecule has 1 N–H and O–H groups in total. The van der Waals surface area contributed by atoms with Crippen molar-refractivity contribution in [1.29, 1.82) is 0 Å². The molecule has 1 heterocycles. The number of ether oxygens (including phenoxy) is 4. The summed E-state index contributed by atoms with van der Waals surface area (Å²) in [6, 6.07) is 5.32. The van der Waals surface area contributed by atoms with Gasteiger partial charge in [0.15, 0.2) is 11.5 Å². The summed E-state index contributed by atoms with van der Waals surface area (Å²) in [5.74, 6) is -0.829. The molecule has 0 bridgehead atoms. The van der Waals surface area contributed by atoms with E-state index in [-0.39, 0.29) is 6.61 Å². The highest BCUT2D eigenvalue weighted by Gasteiger charge is 2.39. The zero-order chi connectivity index (χ0) is 20.1. The normalized spacial score (nSPS) is 16.6. The molecule has 1 aliphatic heterocycles. The zero-order valence-electron chi connectivity index (χ0n) is 16.5. The van der Waals surface area contributed by atoms with Crippen LogP contribution in [0.2, 0.25) is 0 Å². The first-order valence-electron chi connectivity index (χ1n) is 8.56.